The van der Waals surface area contributed by atoms with Crippen LogP contribution in [0.1, 0.15) is 28.9 Å². The summed E-state index contributed by atoms with van der Waals surface area (Å²) in [5.74, 6) is -1.01. The summed E-state index contributed by atoms with van der Waals surface area (Å²) in [4.78, 5) is 11.2. The third kappa shape index (κ3) is 2.36. The van der Waals surface area contributed by atoms with E-state index in [0.29, 0.717) is 16.1 Å². The van der Waals surface area contributed by atoms with Crippen LogP contribution < -0.4 is 0 Å². The number of aromatic carboxylic acids is 1. The monoisotopic (exact) mass is 301 g/mol. The van der Waals surface area contributed by atoms with Crippen LogP contribution in [0.25, 0.3) is 11.0 Å². The van der Waals surface area contributed by atoms with Crippen LogP contribution in [-0.4, -0.2) is 26.1 Å². The fourth-order valence-electron chi connectivity index (χ4n) is 2.33. The van der Waals surface area contributed by atoms with E-state index in [1.165, 1.54) is 6.07 Å². The molecule has 1 unspecified atom stereocenters. The van der Waals surface area contributed by atoms with Crippen molar-refractivity contribution in [3.63, 3.8) is 0 Å². The lowest BCUT2D eigenvalue weighted by atomic mass is 10.1. The summed E-state index contributed by atoms with van der Waals surface area (Å²) in [6.07, 6.45) is 0. The number of halogens is 1. The molecule has 0 radical (unpaired) electrons. The van der Waals surface area contributed by atoms with E-state index in [2.05, 4.69) is 10.3 Å². The molecule has 0 bridgehead atoms. The number of fused-ring (bicyclic) bond motifs is 1. The maximum Gasteiger partial charge on any atom is 0.338 e. The lowest BCUT2D eigenvalue weighted by molar-refractivity contribution is 0.0699. The predicted molar refractivity (Wildman–Crippen MR) is 79.8 cm³/mol. The van der Waals surface area contributed by atoms with Crippen molar-refractivity contribution >= 4 is 28.6 Å². The smallest absolute Gasteiger partial charge is 0.338 e. The van der Waals surface area contributed by atoms with E-state index in [0.717, 1.165) is 5.56 Å². The Morgan fingerprint density at radius 1 is 1.29 bits per heavy atom. The molecule has 6 heteroatoms. The van der Waals surface area contributed by atoms with E-state index in [1.54, 1.807) is 16.8 Å². The van der Waals surface area contributed by atoms with Gasteiger partial charge in [-0.1, -0.05) is 35.0 Å². The maximum absolute atomic E-state index is 11.2. The number of carboxylic acid groups (broad SMARTS) is 1. The second-order valence-corrected chi connectivity index (χ2v) is 5.18. The van der Waals surface area contributed by atoms with E-state index in [9.17, 15) is 9.90 Å². The van der Waals surface area contributed by atoms with Gasteiger partial charge in [-0.25, -0.2) is 9.48 Å². The highest BCUT2D eigenvalue weighted by Crippen LogP contribution is 2.25. The Kier molecular flexibility index (Phi) is 3.35. The zero-order valence-corrected chi connectivity index (χ0v) is 11.9. The summed E-state index contributed by atoms with van der Waals surface area (Å²) < 4.78 is 1.70. The van der Waals surface area contributed by atoms with Crippen molar-refractivity contribution in [2.45, 2.75) is 13.0 Å². The molecule has 1 atom stereocenters. The van der Waals surface area contributed by atoms with Crippen LogP contribution in [0, 0.1) is 0 Å². The molecule has 0 saturated heterocycles. The zero-order chi connectivity index (χ0) is 15.0. The third-order valence-electron chi connectivity index (χ3n) is 3.43. The van der Waals surface area contributed by atoms with Crippen molar-refractivity contribution in [3.05, 3.63) is 58.6 Å². The zero-order valence-electron chi connectivity index (χ0n) is 11.2. The van der Waals surface area contributed by atoms with Gasteiger partial charge in [0.1, 0.15) is 5.52 Å². The van der Waals surface area contributed by atoms with Crippen LogP contribution >= 0.6 is 11.6 Å². The number of hydrogen-bond donors (Lipinski definition) is 1. The summed E-state index contributed by atoms with van der Waals surface area (Å²) in [7, 11) is 0. The highest BCUT2D eigenvalue weighted by molar-refractivity contribution is 6.30. The Balaban J connectivity index is 2.13. The molecular formula is C15H12ClN3O2. The summed E-state index contributed by atoms with van der Waals surface area (Å²) in [5, 5.41) is 18.0. The van der Waals surface area contributed by atoms with Crippen LogP contribution in [0.3, 0.4) is 0 Å². The van der Waals surface area contributed by atoms with Gasteiger partial charge in [-0.15, -0.1) is 5.10 Å². The van der Waals surface area contributed by atoms with Gasteiger partial charge in [0.05, 0.1) is 17.1 Å². The van der Waals surface area contributed by atoms with Crippen molar-refractivity contribution < 1.29 is 9.90 Å². The quantitative estimate of drug-likeness (QED) is 0.805. The van der Waals surface area contributed by atoms with Crippen LogP contribution in [-0.2, 0) is 0 Å². The summed E-state index contributed by atoms with van der Waals surface area (Å²) in [6.45, 7) is 1.97. The topological polar surface area (TPSA) is 68.0 Å². The number of hydrogen-bond acceptors (Lipinski definition) is 3. The first kappa shape index (κ1) is 13.6. The Labute approximate surface area is 125 Å². The van der Waals surface area contributed by atoms with Crippen LogP contribution in [0.5, 0.6) is 0 Å². The first-order valence-electron chi connectivity index (χ1n) is 6.40. The van der Waals surface area contributed by atoms with Crippen molar-refractivity contribution in [3.8, 4) is 0 Å². The fraction of sp³-hybridized carbons (Fsp3) is 0.133. The molecule has 0 saturated carbocycles. The normalized spacial score (nSPS) is 12.5. The summed E-state index contributed by atoms with van der Waals surface area (Å²) in [6, 6.07) is 12.4. The van der Waals surface area contributed by atoms with Crippen molar-refractivity contribution in [1.82, 2.24) is 15.0 Å². The van der Waals surface area contributed by atoms with Crippen LogP contribution in [0.4, 0.5) is 0 Å². The molecular weight excluding hydrogens is 290 g/mol. The van der Waals surface area contributed by atoms with Gasteiger partial charge in [-0.3, -0.25) is 0 Å². The maximum atomic E-state index is 11.2. The number of benzene rings is 2. The van der Waals surface area contributed by atoms with E-state index in [4.69, 9.17) is 11.6 Å². The molecule has 0 amide bonds. The first-order valence-corrected chi connectivity index (χ1v) is 6.78. The minimum atomic E-state index is -1.01. The number of nitrogens with zero attached hydrogens (tertiary/aromatic N) is 3. The molecule has 0 spiro atoms. The number of carboxylic acids is 1. The number of rotatable bonds is 3. The largest absolute Gasteiger partial charge is 0.478 e. The van der Waals surface area contributed by atoms with Gasteiger partial charge >= 0.3 is 5.97 Å². The van der Waals surface area contributed by atoms with Crippen molar-refractivity contribution in [2.24, 2.45) is 0 Å². The molecule has 1 heterocycles. The summed E-state index contributed by atoms with van der Waals surface area (Å²) >= 11 is 6.01. The molecule has 3 aromatic rings. The molecule has 3 rings (SSSR count). The minimum Gasteiger partial charge on any atom is -0.478 e. The average molecular weight is 302 g/mol. The Morgan fingerprint density at radius 2 is 2.05 bits per heavy atom. The second-order valence-electron chi connectivity index (χ2n) is 4.74. The molecule has 0 aliphatic rings. The Hall–Kier alpha value is -2.40. The van der Waals surface area contributed by atoms with Crippen LogP contribution in [0.15, 0.2) is 42.5 Å². The minimum absolute atomic E-state index is 0.0993. The Bertz CT molecular complexity index is 829. The third-order valence-corrected chi connectivity index (χ3v) is 3.67. The van der Waals surface area contributed by atoms with E-state index >= 15 is 0 Å². The molecule has 0 fully saturated rings. The van der Waals surface area contributed by atoms with Gasteiger partial charge < -0.3 is 5.11 Å². The molecule has 1 N–H and O–H groups in total. The molecule has 1 aromatic heterocycles. The highest BCUT2D eigenvalue weighted by atomic mass is 35.5. The summed E-state index contributed by atoms with van der Waals surface area (Å²) in [5.41, 5.74) is 2.20. The van der Waals surface area contributed by atoms with Gasteiger partial charge in [0.2, 0.25) is 0 Å². The first-order chi connectivity index (χ1) is 10.1. The van der Waals surface area contributed by atoms with Crippen LogP contribution in [0.2, 0.25) is 5.02 Å². The van der Waals surface area contributed by atoms with E-state index in [-0.39, 0.29) is 11.6 Å². The van der Waals surface area contributed by atoms with Crippen molar-refractivity contribution in [2.75, 3.05) is 0 Å². The molecule has 21 heavy (non-hydrogen) atoms. The number of aromatic nitrogens is 3. The van der Waals surface area contributed by atoms with E-state index in [1.807, 2.05) is 31.2 Å². The molecule has 0 aliphatic heterocycles. The molecule has 2 aromatic carbocycles. The Morgan fingerprint density at radius 3 is 2.76 bits per heavy atom. The average Bonchev–Trinajstić information content (AvgIpc) is 2.90. The highest BCUT2D eigenvalue weighted by Gasteiger charge is 2.17. The fourth-order valence-corrected chi connectivity index (χ4v) is 2.53. The lowest BCUT2D eigenvalue weighted by Gasteiger charge is -2.13. The standard InChI is InChI=1S/C15H12ClN3O2/c1-9(10-4-2-5-11(16)8-10)19-13-7-3-6-12(15(20)21)14(13)17-18-19/h2-9H,1H3,(H,20,21). The van der Waals surface area contributed by atoms with Gasteiger partial charge in [-0.05, 0) is 36.8 Å². The van der Waals surface area contributed by atoms with Gasteiger partial charge in [0.25, 0.3) is 0 Å². The predicted octanol–water partition coefficient (Wildman–Crippen LogP) is 3.39. The molecule has 5 nitrogen and oxygen atoms in total. The van der Waals surface area contributed by atoms with Gasteiger partial charge in [0.15, 0.2) is 0 Å². The molecule has 0 aliphatic carbocycles. The number of carbonyl (C=O) groups is 1. The van der Waals surface area contributed by atoms with Crippen molar-refractivity contribution in [1.29, 1.82) is 0 Å². The van der Waals surface area contributed by atoms with Gasteiger partial charge in [-0.2, -0.15) is 0 Å². The molecule has 106 valence electrons. The SMILES string of the molecule is CC(c1cccc(Cl)c1)n1nnc2c(C(=O)O)cccc21. The second kappa shape index (κ2) is 5.18. The van der Waals surface area contributed by atoms with Gasteiger partial charge in [0, 0.05) is 5.02 Å². The van der Waals surface area contributed by atoms with E-state index < -0.39 is 5.97 Å². The lowest BCUT2D eigenvalue weighted by Crippen LogP contribution is -2.08.